The largest absolute Gasteiger partial charge is 0.496 e. The third kappa shape index (κ3) is 5.59. The van der Waals surface area contributed by atoms with Gasteiger partial charge in [0.25, 0.3) is 5.91 Å². The lowest BCUT2D eigenvalue weighted by Gasteiger charge is -2.39. The molecule has 0 saturated heterocycles. The van der Waals surface area contributed by atoms with Gasteiger partial charge in [-0.25, -0.2) is 0 Å². The maximum Gasteiger partial charge on any atom is 0.254 e. The number of hydrogen-bond donors (Lipinski definition) is 0. The van der Waals surface area contributed by atoms with Gasteiger partial charge in [-0.15, -0.1) is 0 Å². The van der Waals surface area contributed by atoms with Crippen LogP contribution in [0.2, 0.25) is 0 Å². The van der Waals surface area contributed by atoms with Crippen LogP contribution in [0.4, 0.5) is 0 Å². The first kappa shape index (κ1) is 26.3. The minimum atomic E-state index is -0.318. The molecule has 1 aliphatic heterocycles. The molecule has 39 heavy (non-hydrogen) atoms. The van der Waals surface area contributed by atoms with Crippen molar-refractivity contribution in [1.29, 1.82) is 0 Å². The Kier molecular flexibility index (Phi) is 8.08. The Morgan fingerprint density at radius 3 is 2.31 bits per heavy atom. The van der Waals surface area contributed by atoms with E-state index in [0.717, 1.165) is 28.1 Å². The molecule has 2 heterocycles. The number of nitrogens with zero attached hydrogens (tertiary/aromatic N) is 3. The van der Waals surface area contributed by atoms with Crippen LogP contribution in [0.3, 0.4) is 0 Å². The van der Waals surface area contributed by atoms with Crippen molar-refractivity contribution in [2.24, 2.45) is 0 Å². The van der Waals surface area contributed by atoms with Crippen molar-refractivity contribution in [3.63, 3.8) is 0 Å². The molecule has 0 fully saturated rings. The van der Waals surface area contributed by atoms with Gasteiger partial charge in [-0.1, -0.05) is 60.7 Å². The number of ether oxygens (including phenoxy) is 2. The number of para-hydroxylation sites is 1. The Balaban J connectivity index is 1.40. The van der Waals surface area contributed by atoms with E-state index in [1.165, 1.54) is 0 Å². The monoisotopic (exact) mass is 523 g/mol. The number of rotatable bonds is 9. The quantitative estimate of drug-likeness (QED) is 0.314. The maximum absolute atomic E-state index is 13.9. The number of amides is 2. The fourth-order valence-electron chi connectivity index (χ4n) is 5.20. The highest BCUT2D eigenvalue weighted by Crippen LogP contribution is 2.37. The van der Waals surface area contributed by atoms with Crippen molar-refractivity contribution in [3.8, 4) is 16.9 Å². The van der Waals surface area contributed by atoms with E-state index in [0.29, 0.717) is 31.8 Å². The second kappa shape index (κ2) is 12.0. The van der Waals surface area contributed by atoms with Gasteiger partial charge in [-0.05, 0) is 41.5 Å². The summed E-state index contributed by atoms with van der Waals surface area (Å²) in [4.78, 5) is 30.9. The third-order valence-corrected chi connectivity index (χ3v) is 7.21. The zero-order valence-electron chi connectivity index (χ0n) is 22.3. The van der Waals surface area contributed by atoms with Gasteiger partial charge in [-0.2, -0.15) is 0 Å². The molecule has 3 aromatic carbocycles. The lowest BCUT2D eigenvalue weighted by atomic mass is 9.98. The lowest BCUT2D eigenvalue weighted by molar-refractivity contribution is -0.134. The number of methoxy groups -OCH3 is 2. The van der Waals surface area contributed by atoms with E-state index in [4.69, 9.17) is 9.47 Å². The van der Waals surface area contributed by atoms with E-state index in [1.54, 1.807) is 19.1 Å². The highest BCUT2D eigenvalue weighted by Gasteiger charge is 2.35. The van der Waals surface area contributed by atoms with Gasteiger partial charge in [0.1, 0.15) is 18.3 Å². The third-order valence-electron chi connectivity index (χ3n) is 7.21. The van der Waals surface area contributed by atoms with E-state index in [9.17, 15) is 9.59 Å². The number of aromatic nitrogens is 1. The molecule has 0 aliphatic carbocycles. The molecule has 7 nitrogen and oxygen atoms in total. The Bertz CT molecular complexity index is 1410. The molecule has 5 rings (SSSR count). The molecule has 1 unspecified atom stereocenters. The minimum absolute atomic E-state index is 0.0466. The second-order valence-corrected chi connectivity index (χ2v) is 9.52. The zero-order valence-corrected chi connectivity index (χ0v) is 22.3. The molecule has 0 spiro atoms. The number of benzene rings is 3. The molecule has 200 valence electrons. The van der Waals surface area contributed by atoms with E-state index in [1.807, 2.05) is 102 Å². The van der Waals surface area contributed by atoms with Crippen molar-refractivity contribution in [2.75, 3.05) is 40.5 Å². The van der Waals surface area contributed by atoms with E-state index < -0.39 is 0 Å². The van der Waals surface area contributed by atoms with Gasteiger partial charge in [0.2, 0.25) is 5.91 Å². The van der Waals surface area contributed by atoms with Gasteiger partial charge in [0, 0.05) is 49.8 Å². The molecule has 1 atom stereocenters. The minimum Gasteiger partial charge on any atom is -0.496 e. The molecule has 1 aromatic heterocycles. The number of carbonyl (C=O) groups excluding carboxylic acids is 2. The van der Waals surface area contributed by atoms with Crippen LogP contribution in [-0.4, -0.2) is 66.6 Å². The summed E-state index contributed by atoms with van der Waals surface area (Å²) in [5.41, 5.74) is 4.58. The summed E-state index contributed by atoms with van der Waals surface area (Å²) in [6.45, 7) is 1.81. The highest BCUT2D eigenvalue weighted by atomic mass is 16.5. The smallest absolute Gasteiger partial charge is 0.254 e. The lowest BCUT2D eigenvalue weighted by Crippen LogP contribution is -2.48. The standard InChI is InChI=1S/C32H33N3O4/c1-38-22-21-34(32(37)26-16-14-25(15-17-26)24-9-4-3-5-10-24)23-30(36)35-20-19-33-18-8-12-28(33)31(35)27-11-6-7-13-29(27)39-2/h3-18,31H,19-23H2,1-2H3. The van der Waals surface area contributed by atoms with Gasteiger partial charge >= 0.3 is 0 Å². The van der Waals surface area contributed by atoms with Crippen molar-refractivity contribution < 1.29 is 19.1 Å². The summed E-state index contributed by atoms with van der Waals surface area (Å²) >= 11 is 0. The Morgan fingerprint density at radius 2 is 1.56 bits per heavy atom. The van der Waals surface area contributed by atoms with E-state index in [-0.39, 0.29) is 24.4 Å². The fraction of sp³-hybridized carbons (Fsp3) is 0.250. The zero-order chi connectivity index (χ0) is 27.2. The maximum atomic E-state index is 13.9. The topological polar surface area (TPSA) is 64.0 Å². The summed E-state index contributed by atoms with van der Waals surface area (Å²) < 4.78 is 13.1. The van der Waals surface area contributed by atoms with Crippen LogP contribution in [0.15, 0.2) is 97.2 Å². The van der Waals surface area contributed by atoms with E-state index >= 15 is 0 Å². The summed E-state index contributed by atoms with van der Waals surface area (Å²) in [5, 5.41) is 0. The van der Waals surface area contributed by atoms with Crippen LogP contribution in [0.5, 0.6) is 5.75 Å². The number of carbonyl (C=O) groups is 2. The van der Waals surface area contributed by atoms with Crippen LogP contribution < -0.4 is 4.74 Å². The highest BCUT2D eigenvalue weighted by molar-refractivity contribution is 5.97. The Labute approximate surface area is 229 Å². The molecule has 1 aliphatic rings. The first-order chi connectivity index (χ1) is 19.1. The Morgan fingerprint density at radius 1 is 0.846 bits per heavy atom. The van der Waals surface area contributed by atoms with Crippen molar-refractivity contribution in [1.82, 2.24) is 14.4 Å². The summed E-state index contributed by atoms with van der Waals surface area (Å²) in [7, 11) is 3.23. The number of fused-ring (bicyclic) bond motifs is 1. The molecular formula is C32H33N3O4. The normalized spacial score (nSPS) is 14.5. The predicted molar refractivity (Wildman–Crippen MR) is 151 cm³/mol. The van der Waals surface area contributed by atoms with Gasteiger partial charge < -0.3 is 23.8 Å². The fourth-order valence-corrected chi connectivity index (χ4v) is 5.20. The average molecular weight is 524 g/mol. The molecule has 2 amide bonds. The molecule has 0 saturated carbocycles. The van der Waals surface area contributed by atoms with Crippen LogP contribution in [0, 0.1) is 0 Å². The van der Waals surface area contributed by atoms with Crippen LogP contribution in [0.25, 0.3) is 11.1 Å². The first-order valence-corrected chi connectivity index (χ1v) is 13.1. The average Bonchev–Trinajstić information content (AvgIpc) is 3.48. The predicted octanol–water partition coefficient (Wildman–Crippen LogP) is 4.88. The van der Waals surface area contributed by atoms with Gasteiger partial charge in [-0.3, -0.25) is 9.59 Å². The van der Waals surface area contributed by atoms with Crippen LogP contribution in [-0.2, 0) is 16.1 Å². The molecule has 4 aromatic rings. The molecule has 0 bridgehead atoms. The van der Waals surface area contributed by atoms with Crippen LogP contribution in [0.1, 0.15) is 27.7 Å². The van der Waals surface area contributed by atoms with Crippen molar-refractivity contribution in [3.05, 3.63) is 114 Å². The summed E-state index contributed by atoms with van der Waals surface area (Å²) in [6, 6.07) is 29.0. The second-order valence-electron chi connectivity index (χ2n) is 9.52. The Hall–Kier alpha value is -4.36. The first-order valence-electron chi connectivity index (χ1n) is 13.1. The molecular weight excluding hydrogens is 490 g/mol. The van der Waals surface area contributed by atoms with Crippen LogP contribution >= 0.6 is 0 Å². The van der Waals surface area contributed by atoms with E-state index in [2.05, 4.69) is 4.57 Å². The SMILES string of the molecule is COCCN(CC(=O)N1CCn2cccc2C1c1ccccc1OC)C(=O)c1ccc(-c2ccccc2)cc1. The summed E-state index contributed by atoms with van der Waals surface area (Å²) in [5.74, 6) is 0.402. The summed E-state index contributed by atoms with van der Waals surface area (Å²) in [6.07, 6.45) is 2.03. The molecule has 7 heteroatoms. The molecule has 0 radical (unpaired) electrons. The van der Waals surface area contributed by atoms with Crippen molar-refractivity contribution >= 4 is 11.8 Å². The molecule has 0 N–H and O–H groups in total. The number of hydrogen-bond acceptors (Lipinski definition) is 4. The van der Waals surface area contributed by atoms with Crippen molar-refractivity contribution in [2.45, 2.75) is 12.6 Å². The van der Waals surface area contributed by atoms with Gasteiger partial charge in [0.05, 0.1) is 13.7 Å². The van der Waals surface area contributed by atoms with Gasteiger partial charge in [0.15, 0.2) is 0 Å².